The van der Waals surface area contributed by atoms with Crippen LogP contribution in [0.1, 0.15) is 40.0 Å². The molecule has 0 unspecified atom stereocenters. The number of aromatic nitrogens is 2. The minimum atomic E-state index is 0.100. The first kappa shape index (κ1) is 16.6. The van der Waals surface area contributed by atoms with E-state index in [9.17, 15) is 4.79 Å². The highest BCUT2D eigenvalue weighted by molar-refractivity contribution is 5.75. The molecule has 136 valence electrons. The highest BCUT2D eigenvalue weighted by Crippen LogP contribution is 2.65. The van der Waals surface area contributed by atoms with Crippen LogP contribution in [0.15, 0.2) is 18.5 Å². The minimum absolute atomic E-state index is 0.100. The Bertz CT molecular complexity index is 640. The molecule has 2 heterocycles. The molecule has 1 aromatic heterocycles. The fraction of sp³-hybridized carbons (Fsp3) is 0.737. The van der Waals surface area contributed by atoms with E-state index in [1.165, 1.54) is 12.8 Å². The zero-order chi connectivity index (χ0) is 17.7. The number of piperazine rings is 1. The number of hydrogen-bond donors (Lipinski definition) is 1. The Morgan fingerprint density at radius 1 is 1.16 bits per heavy atom. The maximum Gasteiger partial charge on any atom is 0.317 e. The lowest BCUT2D eigenvalue weighted by molar-refractivity contribution is 0.117. The maximum atomic E-state index is 12.8. The van der Waals surface area contributed by atoms with E-state index in [2.05, 4.69) is 41.0 Å². The van der Waals surface area contributed by atoms with Crippen molar-refractivity contribution in [3.63, 3.8) is 0 Å². The second kappa shape index (κ2) is 5.85. The average Bonchev–Trinajstić information content (AvgIpc) is 2.96. The molecule has 0 aromatic carbocycles. The van der Waals surface area contributed by atoms with E-state index in [1.54, 1.807) is 12.4 Å². The second-order valence-corrected chi connectivity index (χ2v) is 8.64. The van der Waals surface area contributed by atoms with Gasteiger partial charge in [-0.2, -0.15) is 0 Å². The first-order valence-electron chi connectivity index (χ1n) is 9.49. The van der Waals surface area contributed by atoms with Crippen molar-refractivity contribution in [2.75, 3.05) is 31.1 Å². The van der Waals surface area contributed by atoms with Crippen molar-refractivity contribution in [2.24, 2.45) is 16.7 Å². The first-order valence-corrected chi connectivity index (χ1v) is 9.49. The monoisotopic (exact) mass is 343 g/mol. The Morgan fingerprint density at radius 3 is 2.40 bits per heavy atom. The zero-order valence-corrected chi connectivity index (χ0v) is 15.5. The Kier molecular flexibility index (Phi) is 3.89. The van der Waals surface area contributed by atoms with Gasteiger partial charge in [-0.1, -0.05) is 20.8 Å². The van der Waals surface area contributed by atoms with Crippen LogP contribution >= 0.6 is 0 Å². The van der Waals surface area contributed by atoms with E-state index in [4.69, 9.17) is 0 Å². The molecule has 2 bridgehead atoms. The standard InChI is InChI=1S/C19H29N5O/c1-18(2)14-5-6-19(18,3)15(13-14)22-17(25)24-11-9-23(10-12-24)16-20-7-4-8-21-16/h4,7-8,14-15H,5-6,9-13H2,1-3H3,(H,22,25)/t14-,15+,19+/m1/s1. The van der Waals surface area contributed by atoms with Crippen LogP contribution in [0.5, 0.6) is 0 Å². The molecule has 1 aromatic rings. The third-order valence-corrected chi connectivity index (χ3v) is 7.49. The van der Waals surface area contributed by atoms with Gasteiger partial charge in [0, 0.05) is 44.6 Å². The Morgan fingerprint density at radius 2 is 1.84 bits per heavy atom. The van der Waals surface area contributed by atoms with Crippen LogP contribution in [-0.4, -0.2) is 53.1 Å². The van der Waals surface area contributed by atoms with Crippen molar-refractivity contribution in [3.05, 3.63) is 18.5 Å². The van der Waals surface area contributed by atoms with Crippen molar-refractivity contribution >= 4 is 12.0 Å². The van der Waals surface area contributed by atoms with Crippen LogP contribution in [0.2, 0.25) is 0 Å². The molecule has 0 radical (unpaired) electrons. The summed E-state index contributed by atoms with van der Waals surface area (Å²) in [5.41, 5.74) is 0.557. The predicted octanol–water partition coefficient (Wildman–Crippen LogP) is 2.52. The third-order valence-electron chi connectivity index (χ3n) is 7.49. The number of rotatable bonds is 2. The summed E-state index contributed by atoms with van der Waals surface area (Å²) in [6.07, 6.45) is 7.20. The highest BCUT2D eigenvalue weighted by Gasteiger charge is 2.61. The predicted molar refractivity (Wildman–Crippen MR) is 97.4 cm³/mol. The molecule has 2 aliphatic carbocycles. The summed E-state index contributed by atoms with van der Waals surface area (Å²) in [6, 6.07) is 2.23. The topological polar surface area (TPSA) is 61.4 Å². The summed E-state index contributed by atoms with van der Waals surface area (Å²) in [5.74, 6) is 1.50. The number of amides is 2. The number of nitrogens with zero attached hydrogens (tertiary/aromatic N) is 4. The molecule has 1 saturated heterocycles. The average molecular weight is 343 g/mol. The Hall–Kier alpha value is -1.85. The Labute approximate surface area is 150 Å². The number of nitrogens with one attached hydrogen (secondary N) is 1. The molecule has 0 spiro atoms. The van der Waals surface area contributed by atoms with Gasteiger partial charge in [0.1, 0.15) is 0 Å². The first-order chi connectivity index (χ1) is 11.9. The Balaban J connectivity index is 1.35. The van der Waals surface area contributed by atoms with E-state index in [0.717, 1.165) is 44.5 Å². The fourth-order valence-corrected chi connectivity index (χ4v) is 5.23. The van der Waals surface area contributed by atoms with Gasteiger partial charge in [0.05, 0.1) is 0 Å². The molecule has 2 saturated carbocycles. The SMILES string of the molecule is CC1(C)[C@@H]2CC[C@@]1(C)[C@@H](NC(=O)N1CCN(c3ncccn3)CC1)C2. The quantitative estimate of drug-likeness (QED) is 0.896. The van der Waals surface area contributed by atoms with Crippen molar-refractivity contribution in [1.82, 2.24) is 20.2 Å². The van der Waals surface area contributed by atoms with Gasteiger partial charge in [-0.15, -0.1) is 0 Å². The third kappa shape index (κ3) is 2.57. The molecule has 1 aliphatic heterocycles. The van der Waals surface area contributed by atoms with Gasteiger partial charge in [-0.3, -0.25) is 0 Å². The van der Waals surface area contributed by atoms with Crippen LogP contribution in [0.25, 0.3) is 0 Å². The van der Waals surface area contributed by atoms with Gasteiger partial charge < -0.3 is 15.1 Å². The van der Waals surface area contributed by atoms with Gasteiger partial charge in [-0.05, 0) is 42.1 Å². The van der Waals surface area contributed by atoms with Crippen molar-refractivity contribution in [3.8, 4) is 0 Å². The molecule has 1 N–H and O–H groups in total. The zero-order valence-electron chi connectivity index (χ0n) is 15.5. The van der Waals surface area contributed by atoms with E-state index < -0.39 is 0 Å². The largest absolute Gasteiger partial charge is 0.337 e. The summed E-state index contributed by atoms with van der Waals surface area (Å²) < 4.78 is 0. The van der Waals surface area contributed by atoms with Crippen LogP contribution in [-0.2, 0) is 0 Å². The molecule has 3 atom stereocenters. The smallest absolute Gasteiger partial charge is 0.317 e. The van der Waals surface area contributed by atoms with Crippen LogP contribution < -0.4 is 10.2 Å². The van der Waals surface area contributed by atoms with Crippen LogP contribution in [0.4, 0.5) is 10.7 Å². The summed E-state index contributed by atoms with van der Waals surface area (Å²) in [6.45, 7) is 10.2. The van der Waals surface area contributed by atoms with Gasteiger partial charge in [-0.25, -0.2) is 14.8 Å². The molecule has 4 rings (SSSR count). The molecule has 2 amide bonds. The molecular weight excluding hydrogens is 314 g/mol. The van der Waals surface area contributed by atoms with E-state index in [1.807, 2.05) is 11.0 Å². The molecule has 6 nitrogen and oxygen atoms in total. The fourth-order valence-electron chi connectivity index (χ4n) is 5.23. The summed E-state index contributed by atoms with van der Waals surface area (Å²) in [4.78, 5) is 25.5. The normalized spacial score (nSPS) is 33.6. The summed E-state index contributed by atoms with van der Waals surface area (Å²) in [7, 11) is 0. The van der Waals surface area contributed by atoms with E-state index in [0.29, 0.717) is 11.5 Å². The molecule has 3 fully saturated rings. The van der Waals surface area contributed by atoms with Crippen molar-refractivity contribution in [1.29, 1.82) is 0 Å². The lowest BCUT2D eigenvalue weighted by Crippen LogP contribution is -2.56. The lowest BCUT2D eigenvalue weighted by Gasteiger charge is -2.41. The second-order valence-electron chi connectivity index (χ2n) is 8.64. The minimum Gasteiger partial charge on any atom is -0.337 e. The summed E-state index contributed by atoms with van der Waals surface area (Å²) >= 11 is 0. The van der Waals surface area contributed by atoms with Gasteiger partial charge in [0.25, 0.3) is 0 Å². The van der Waals surface area contributed by atoms with Gasteiger partial charge >= 0.3 is 6.03 Å². The molecular formula is C19H29N5O. The van der Waals surface area contributed by atoms with Gasteiger partial charge in [0.2, 0.25) is 5.95 Å². The number of urea groups is 1. The van der Waals surface area contributed by atoms with Crippen LogP contribution in [0.3, 0.4) is 0 Å². The van der Waals surface area contributed by atoms with Gasteiger partial charge in [0.15, 0.2) is 0 Å². The lowest BCUT2D eigenvalue weighted by atomic mass is 9.69. The number of carbonyl (C=O) groups is 1. The highest BCUT2D eigenvalue weighted by atomic mass is 16.2. The maximum absolute atomic E-state index is 12.8. The molecule has 3 aliphatic rings. The number of fused-ring (bicyclic) bond motifs is 2. The van der Waals surface area contributed by atoms with Crippen molar-refractivity contribution in [2.45, 2.75) is 46.1 Å². The number of hydrogen-bond acceptors (Lipinski definition) is 4. The van der Waals surface area contributed by atoms with Crippen molar-refractivity contribution < 1.29 is 4.79 Å². The van der Waals surface area contributed by atoms with E-state index in [-0.39, 0.29) is 11.4 Å². The molecule has 25 heavy (non-hydrogen) atoms. The summed E-state index contributed by atoms with van der Waals surface area (Å²) in [5, 5.41) is 3.37. The van der Waals surface area contributed by atoms with Crippen LogP contribution in [0, 0.1) is 16.7 Å². The number of anilines is 1. The van der Waals surface area contributed by atoms with E-state index >= 15 is 0 Å². The molecule has 6 heteroatoms. The number of carbonyl (C=O) groups excluding carboxylic acids is 1.